The van der Waals surface area contributed by atoms with Gasteiger partial charge in [-0.2, -0.15) is 0 Å². The van der Waals surface area contributed by atoms with Gasteiger partial charge in [0.25, 0.3) is 0 Å². The highest BCUT2D eigenvalue weighted by atomic mass is 32.1. The summed E-state index contributed by atoms with van der Waals surface area (Å²) in [6.07, 6.45) is 0. The Bertz CT molecular complexity index is 3980. The molecule has 0 aliphatic rings. The zero-order valence-electron chi connectivity index (χ0n) is 37.6. The van der Waals surface area contributed by atoms with Crippen molar-refractivity contribution in [1.29, 1.82) is 0 Å². The lowest BCUT2D eigenvalue weighted by atomic mass is 9.89. The van der Waals surface area contributed by atoms with E-state index in [1.165, 1.54) is 59.1 Å². The molecular formula is C66H43NOS. The third-order valence-corrected chi connectivity index (χ3v) is 14.7. The monoisotopic (exact) mass is 897 g/mol. The number of thiophene rings is 1. The molecule has 0 aliphatic heterocycles. The summed E-state index contributed by atoms with van der Waals surface area (Å²) in [7, 11) is 0. The van der Waals surface area contributed by atoms with Gasteiger partial charge in [0.15, 0.2) is 5.58 Å². The lowest BCUT2D eigenvalue weighted by Crippen LogP contribution is -2.10. The van der Waals surface area contributed by atoms with Crippen molar-refractivity contribution in [2.45, 2.75) is 0 Å². The molecule has 11 aromatic carbocycles. The zero-order chi connectivity index (χ0) is 45.7. The largest absolute Gasteiger partial charge is 0.453 e. The van der Waals surface area contributed by atoms with Crippen LogP contribution in [0.4, 0.5) is 17.1 Å². The molecule has 0 atom stereocenters. The predicted molar refractivity (Wildman–Crippen MR) is 294 cm³/mol. The quantitative estimate of drug-likeness (QED) is 0.144. The van der Waals surface area contributed by atoms with Crippen molar-refractivity contribution in [1.82, 2.24) is 0 Å². The van der Waals surface area contributed by atoms with Crippen molar-refractivity contribution in [3.63, 3.8) is 0 Å². The summed E-state index contributed by atoms with van der Waals surface area (Å²) in [6.45, 7) is 0. The summed E-state index contributed by atoms with van der Waals surface area (Å²) in [4.78, 5) is 2.36. The van der Waals surface area contributed by atoms with Gasteiger partial charge in [-0.15, -0.1) is 11.3 Å². The first kappa shape index (κ1) is 40.5. The average Bonchev–Trinajstić information content (AvgIpc) is 4.01. The van der Waals surface area contributed by atoms with E-state index in [0.29, 0.717) is 0 Å². The topological polar surface area (TPSA) is 16.4 Å². The van der Waals surface area contributed by atoms with Crippen molar-refractivity contribution < 1.29 is 4.42 Å². The first-order valence-electron chi connectivity index (χ1n) is 23.5. The number of hydrogen-bond acceptors (Lipinski definition) is 3. The summed E-state index contributed by atoms with van der Waals surface area (Å²) in [5.41, 5.74) is 18.7. The molecule has 0 spiro atoms. The zero-order valence-corrected chi connectivity index (χ0v) is 38.4. The van der Waals surface area contributed by atoms with Gasteiger partial charge in [-0.05, 0) is 110 Å². The minimum absolute atomic E-state index is 0.833. The molecule has 0 fully saturated rings. The number of nitrogens with zero attached hydrogens (tertiary/aromatic N) is 1. The summed E-state index contributed by atoms with van der Waals surface area (Å²) in [5.74, 6) is 0. The third kappa shape index (κ3) is 7.20. The minimum Gasteiger partial charge on any atom is -0.453 e. The standard InChI is InChI=1S/C66H43NOS/c1-4-17-45(18-5-1)52-23-10-12-25-56(52)57-26-13-11-24-53(57)48-33-38-51(39-34-48)67(50-36-31-44(32-37-50)49-35-40-59-58-27-14-15-30-62(58)69-63(59)43-49)61-29-16-28-60-64-54(46-19-6-2-7-20-46)41-42-55(66(64)68-65(60)61)47-21-8-3-9-22-47/h1-43H. The van der Waals surface area contributed by atoms with Gasteiger partial charge in [0.1, 0.15) is 5.58 Å². The summed E-state index contributed by atoms with van der Waals surface area (Å²) < 4.78 is 9.89. The number of para-hydroxylation sites is 1. The number of rotatable bonds is 9. The van der Waals surface area contributed by atoms with E-state index in [9.17, 15) is 0 Å². The van der Waals surface area contributed by atoms with Gasteiger partial charge in [0.05, 0.1) is 5.69 Å². The van der Waals surface area contributed by atoms with Crippen molar-refractivity contribution in [3.8, 4) is 66.8 Å². The highest BCUT2D eigenvalue weighted by molar-refractivity contribution is 7.25. The number of benzene rings is 11. The molecule has 2 nitrogen and oxygen atoms in total. The van der Waals surface area contributed by atoms with E-state index in [-0.39, 0.29) is 0 Å². The molecular weight excluding hydrogens is 855 g/mol. The van der Waals surface area contributed by atoms with Gasteiger partial charge in [0, 0.05) is 47.9 Å². The number of hydrogen-bond donors (Lipinski definition) is 0. The first-order chi connectivity index (χ1) is 34.2. The second kappa shape index (κ2) is 17.2. The molecule has 0 bridgehead atoms. The second-order valence-electron chi connectivity index (χ2n) is 17.5. The lowest BCUT2D eigenvalue weighted by molar-refractivity contribution is 0.670. The molecule has 0 amide bonds. The van der Waals surface area contributed by atoms with Crippen molar-refractivity contribution in [3.05, 3.63) is 261 Å². The molecule has 324 valence electrons. The Morgan fingerprint density at radius 3 is 1.38 bits per heavy atom. The van der Waals surface area contributed by atoms with Crippen LogP contribution in [0.5, 0.6) is 0 Å². The van der Waals surface area contributed by atoms with E-state index >= 15 is 0 Å². The van der Waals surface area contributed by atoms with Gasteiger partial charge < -0.3 is 9.32 Å². The number of fused-ring (bicyclic) bond motifs is 6. The third-order valence-electron chi connectivity index (χ3n) is 13.5. The molecule has 0 radical (unpaired) electrons. The highest BCUT2D eigenvalue weighted by Gasteiger charge is 2.24. The molecule has 0 unspecified atom stereocenters. The molecule has 69 heavy (non-hydrogen) atoms. The molecule has 13 rings (SSSR count). The Balaban J connectivity index is 0.975. The van der Waals surface area contributed by atoms with Crippen LogP contribution in [-0.2, 0) is 0 Å². The van der Waals surface area contributed by atoms with Gasteiger partial charge >= 0.3 is 0 Å². The van der Waals surface area contributed by atoms with Crippen molar-refractivity contribution in [2.24, 2.45) is 0 Å². The Labute approximate surface area is 405 Å². The molecule has 0 saturated heterocycles. The van der Waals surface area contributed by atoms with E-state index < -0.39 is 0 Å². The van der Waals surface area contributed by atoms with Crippen LogP contribution in [0.1, 0.15) is 0 Å². The number of furan rings is 1. The smallest absolute Gasteiger partial charge is 0.159 e. The molecule has 3 heteroatoms. The van der Waals surface area contributed by atoms with Gasteiger partial charge in [-0.1, -0.05) is 212 Å². The highest BCUT2D eigenvalue weighted by Crippen LogP contribution is 2.48. The van der Waals surface area contributed by atoms with Crippen LogP contribution < -0.4 is 4.90 Å². The van der Waals surface area contributed by atoms with E-state index in [1.807, 2.05) is 11.3 Å². The maximum atomic E-state index is 7.28. The fraction of sp³-hybridized carbons (Fsp3) is 0. The van der Waals surface area contributed by atoms with Crippen LogP contribution in [0, 0.1) is 0 Å². The van der Waals surface area contributed by atoms with Crippen LogP contribution in [0.2, 0.25) is 0 Å². The second-order valence-corrected chi connectivity index (χ2v) is 18.6. The Morgan fingerprint density at radius 1 is 0.275 bits per heavy atom. The van der Waals surface area contributed by atoms with Crippen LogP contribution in [-0.4, -0.2) is 0 Å². The van der Waals surface area contributed by atoms with E-state index in [0.717, 1.165) is 66.8 Å². The first-order valence-corrected chi connectivity index (χ1v) is 24.3. The molecule has 2 heterocycles. The van der Waals surface area contributed by atoms with Gasteiger partial charge in [-0.25, -0.2) is 0 Å². The Hall–Kier alpha value is -8.76. The summed E-state index contributed by atoms with van der Waals surface area (Å²) in [5, 5.41) is 4.79. The predicted octanol–water partition coefficient (Wildman–Crippen LogP) is 19.4. The van der Waals surface area contributed by atoms with E-state index in [4.69, 9.17) is 4.42 Å². The van der Waals surface area contributed by atoms with Crippen LogP contribution >= 0.6 is 11.3 Å². The SMILES string of the molecule is c1ccc(-c2ccccc2-c2ccccc2-c2ccc(N(c3ccc(-c4ccc5c(c4)sc4ccccc45)cc3)c3cccc4c3oc3c(-c5ccccc5)ccc(-c5ccccc5)c34)cc2)cc1. The fourth-order valence-corrected chi connectivity index (χ4v) is 11.4. The van der Waals surface area contributed by atoms with E-state index in [2.05, 4.69) is 266 Å². The lowest BCUT2D eigenvalue weighted by Gasteiger charge is -2.26. The van der Waals surface area contributed by atoms with Crippen LogP contribution in [0.15, 0.2) is 265 Å². The Kier molecular flexibility index (Phi) is 10.1. The van der Waals surface area contributed by atoms with Crippen molar-refractivity contribution >= 4 is 70.5 Å². The fourth-order valence-electron chi connectivity index (χ4n) is 10.2. The minimum atomic E-state index is 0.833. The van der Waals surface area contributed by atoms with Crippen molar-refractivity contribution in [2.75, 3.05) is 4.90 Å². The Morgan fingerprint density at radius 2 is 0.739 bits per heavy atom. The maximum Gasteiger partial charge on any atom is 0.159 e. The molecule has 0 N–H and O–H groups in total. The van der Waals surface area contributed by atoms with Gasteiger partial charge in [0.2, 0.25) is 0 Å². The molecule has 0 saturated carbocycles. The normalized spacial score (nSPS) is 11.5. The van der Waals surface area contributed by atoms with Crippen LogP contribution in [0.25, 0.3) is 109 Å². The summed E-state index contributed by atoms with van der Waals surface area (Å²) >= 11 is 1.85. The van der Waals surface area contributed by atoms with Gasteiger partial charge in [-0.3, -0.25) is 0 Å². The van der Waals surface area contributed by atoms with Crippen LogP contribution in [0.3, 0.4) is 0 Å². The summed E-state index contributed by atoms with van der Waals surface area (Å²) in [6, 6.07) is 94.1. The molecule has 0 aliphatic carbocycles. The molecule has 2 aromatic heterocycles. The maximum absolute atomic E-state index is 7.28. The van der Waals surface area contributed by atoms with E-state index in [1.54, 1.807) is 0 Å². The average molecular weight is 898 g/mol. The molecule has 13 aromatic rings. The number of anilines is 3.